The summed E-state index contributed by atoms with van der Waals surface area (Å²) in [6, 6.07) is 5.12. The maximum absolute atomic E-state index is 11.8. The molecule has 1 aromatic heterocycles. The first-order valence-electron chi connectivity index (χ1n) is 5.69. The van der Waals surface area contributed by atoms with Gasteiger partial charge in [-0.1, -0.05) is 29.8 Å². The lowest BCUT2D eigenvalue weighted by molar-refractivity contribution is 0.0931. The lowest BCUT2D eigenvalue weighted by Gasteiger charge is -2.23. The topological polar surface area (TPSA) is 65.8 Å². The standard InChI is InChI=1S/C13H16BrN3O/c1-13(2,5-6-14)9-17-12(18)11-4-3-10(7-15)8-16-11/h3-4,8H,5-6,9H2,1-2H3,(H,17,18). The molecule has 4 nitrogen and oxygen atoms in total. The zero-order chi connectivity index (χ0) is 13.6. The highest BCUT2D eigenvalue weighted by molar-refractivity contribution is 9.09. The molecule has 0 radical (unpaired) electrons. The molecule has 5 heteroatoms. The minimum Gasteiger partial charge on any atom is -0.350 e. The molecule has 96 valence electrons. The number of nitrogens with one attached hydrogen (secondary N) is 1. The highest BCUT2D eigenvalue weighted by atomic mass is 79.9. The predicted molar refractivity (Wildman–Crippen MR) is 73.5 cm³/mol. The van der Waals surface area contributed by atoms with Gasteiger partial charge >= 0.3 is 0 Å². The summed E-state index contributed by atoms with van der Waals surface area (Å²) in [4.78, 5) is 15.8. The van der Waals surface area contributed by atoms with Crippen LogP contribution >= 0.6 is 15.9 Å². The zero-order valence-electron chi connectivity index (χ0n) is 10.5. The second-order valence-electron chi connectivity index (χ2n) is 4.83. The molecular formula is C13H16BrN3O. The Labute approximate surface area is 116 Å². The van der Waals surface area contributed by atoms with E-state index in [-0.39, 0.29) is 11.3 Å². The van der Waals surface area contributed by atoms with Gasteiger partial charge in [0, 0.05) is 18.1 Å². The van der Waals surface area contributed by atoms with Gasteiger partial charge in [-0.15, -0.1) is 0 Å². The Balaban J connectivity index is 2.58. The van der Waals surface area contributed by atoms with Crippen LogP contribution in [0.1, 0.15) is 36.3 Å². The largest absolute Gasteiger partial charge is 0.350 e. The van der Waals surface area contributed by atoms with Crippen molar-refractivity contribution in [2.75, 3.05) is 11.9 Å². The molecule has 0 saturated heterocycles. The van der Waals surface area contributed by atoms with Crippen LogP contribution in [0.5, 0.6) is 0 Å². The number of aromatic nitrogens is 1. The number of nitrogens with zero attached hydrogens (tertiary/aromatic N) is 2. The first-order chi connectivity index (χ1) is 8.48. The third-order valence-electron chi connectivity index (χ3n) is 2.62. The summed E-state index contributed by atoms with van der Waals surface area (Å²) < 4.78 is 0. The molecular weight excluding hydrogens is 294 g/mol. The third kappa shape index (κ3) is 4.46. The molecule has 1 N–H and O–H groups in total. The fourth-order valence-electron chi connectivity index (χ4n) is 1.35. The van der Waals surface area contributed by atoms with Crippen molar-refractivity contribution in [1.29, 1.82) is 5.26 Å². The van der Waals surface area contributed by atoms with Crippen molar-refractivity contribution in [3.63, 3.8) is 0 Å². The number of carbonyl (C=O) groups is 1. The van der Waals surface area contributed by atoms with E-state index in [2.05, 4.69) is 40.1 Å². The minimum atomic E-state index is -0.206. The molecule has 18 heavy (non-hydrogen) atoms. The van der Waals surface area contributed by atoms with Crippen LogP contribution in [0.15, 0.2) is 18.3 Å². The Bertz CT molecular complexity index is 448. The summed E-state index contributed by atoms with van der Waals surface area (Å²) >= 11 is 3.40. The van der Waals surface area contributed by atoms with Crippen LogP contribution in [-0.2, 0) is 0 Å². The van der Waals surface area contributed by atoms with Gasteiger partial charge in [0.15, 0.2) is 0 Å². The molecule has 0 aliphatic rings. The number of hydrogen-bond donors (Lipinski definition) is 1. The molecule has 1 rings (SSSR count). The van der Waals surface area contributed by atoms with Crippen molar-refractivity contribution in [3.05, 3.63) is 29.6 Å². The number of nitriles is 1. The van der Waals surface area contributed by atoms with E-state index in [1.807, 2.05) is 6.07 Å². The van der Waals surface area contributed by atoms with Crippen molar-refractivity contribution in [2.24, 2.45) is 5.41 Å². The van der Waals surface area contributed by atoms with Crippen molar-refractivity contribution < 1.29 is 4.79 Å². The number of carbonyl (C=O) groups excluding carboxylic acids is 1. The van der Waals surface area contributed by atoms with Crippen LogP contribution in [0.2, 0.25) is 0 Å². The molecule has 1 amide bonds. The molecule has 0 fully saturated rings. The van der Waals surface area contributed by atoms with Crippen molar-refractivity contribution in [1.82, 2.24) is 10.3 Å². The number of rotatable bonds is 5. The number of halogens is 1. The minimum absolute atomic E-state index is 0.0474. The summed E-state index contributed by atoms with van der Waals surface area (Å²) in [5.41, 5.74) is 0.834. The highest BCUT2D eigenvalue weighted by Gasteiger charge is 2.18. The summed E-state index contributed by atoms with van der Waals surface area (Å²) in [7, 11) is 0. The number of alkyl halides is 1. The number of amides is 1. The van der Waals surface area contributed by atoms with Crippen LogP contribution in [0.25, 0.3) is 0 Å². The maximum atomic E-state index is 11.8. The van der Waals surface area contributed by atoms with Gasteiger partial charge in [0.25, 0.3) is 5.91 Å². The fourth-order valence-corrected chi connectivity index (χ4v) is 2.42. The quantitative estimate of drug-likeness (QED) is 0.850. The molecule has 0 spiro atoms. The van der Waals surface area contributed by atoms with Crippen LogP contribution < -0.4 is 5.32 Å². The number of hydrogen-bond acceptors (Lipinski definition) is 3. The molecule has 0 saturated carbocycles. The normalized spacial score (nSPS) is 10.8. The van der Waals surface area contributed by atoms with Gasteiger partial charge in [-0.05, 0) is 24.0 Å². The van der Waals surface area contributed by atoms with Gasteiger partial charge in [-0.3, -0.25) is 4.79 Å². The number of pyridine rings is 1. The SMILES string of the molecule is CC(C)(CCBr)CNC(=O)c1ccc(C#N)cn1. The van der Waals surface area contributed by atoms with Crippen molar-refractivity contribution >= 4 is 21.8 Å². The summed E-state index contributed by atoms with van der Waals surface area (Å²) in [6.07, 6.45) is 2.38. The van der Waals surface area contributed by atoms with Crippen LogP contribution in [0.3, 0.4) is 0 Å². The molecule has 1 aromatic rings. The second kappa shape index (κ2) is 6.50. The monoisotopic (exact) mass is 309 g/mol. The van der Waals surface area contributed by atoms with Crippen molar-refractivity contribution in [2.45, 2.75) is 20.3 Å². The van der Waals surface area contributed by atoms with E-state index < -0.39 is 0 Å². The summed E-state index contributed by atoms with van der Waals surface area (Å²) in [6.45, 7) is 4.79. The Kier molecular flexibility index (Phi) is 5.29. The smallest absolute Gasteiger partial charge is 0.269 e. The molecule has 0 aliphatic carbocycles. The van der Waals surface area contributed by atoms with Gasteiger partial charge in [0.2, 0.25) is 0 Å². The lowest BCUT2D eigenvalue weighted by Crippen LogP contribution is -2.34. The van der Waals surface area contributed by atoms with E-state index in [4.69, 9.17) is 5.26 Å². The summed E-state index contributed by atoms with van der Waals surface area (Å²) in [5.74, 6) is -0.206. The van der Waals surface area contributed by atoms with Crippen LogP contribution in [0.4, 0.5) is 0 Å². The Morgan fingerprint density at radius 3 is 2.78 bits per heavy atom. The second-order valence-corrected chi connectivity index (χ2v) is 5.62. The van der Waals surface area contributed by atoms with E-state index in [1.165, 1.54) is 6.20 Å². The van der Waals surface area contributed by atoms with E-state index in [9.17, 15) is 4.79 Å². The lowest BCUT2D eigenvalue weighted by atomic mass is 9.90. The van der Waals surface area contributed by atoms with Crippen LogP contribution in [0, 0.1) is 16.7 Å². The van der Waals surface area contributed by atoms with Gasteiger partial charge in [0.1, 0.15) is 11.8 Å². The first-order valence-corrected chi connectivity index (χ1v) is 6.81. The maximum Gasteiger partial charge on any atom is 0.269 e. The third-order valence-corrected chi connectivity index (χ3v) is 3.02. The fraction of sp³-hybridized carbons (Fsp3) is 0.462. The molecule has 0 aromatic carbocycles. The molecule has 0 unspecified atom stereocenters. The van der Waals surface area contributed by atoms with E-state index in [0.717, 1.165) is 11.8 Å². The Morgan fingerprint density at radius 1 is 1.56 bits per heavy atom. The Morgan fingerprint density at radius 2 is 2.28 bits per heavy atom. The van der Waals surface area contributed by atoms with Crippen molar-refractivity contribution in [3.8, 4) is 6.07 Å². The Hall–Kier alpha value is -1.41. The predicted octanol–water partition coefficient (Wildman–Crippen LogP) is 2.49. The molecule has 1 heterocycles. The highest BCUT2D eigenvalue weighted by Crippen LogP contribution is 2.20. The van der Waals surface area contributed by atoms with Crippen LogP contribution in [-0.4, -0.2) is 22.8 Å². The average Bonchev–Trinajstić information content (AvgIpc) is 2.36. The van der Waals surface area contributed by atoms with E-state index in [1.54, 1.807) is 12.1 Å². The van der Waals surface area contributed by atoms with Gasteiger partial charge in [-0.25, -0.2) is 4.98 Å². The van der Waals surface area contributed by atoms with E-state index in [0.29, 0.717) is 17.8 Å². The van der Waals surface area contributed by atoms with Gasteiger partial charge in [-0.2, -0.15) is 5.26 Å². The zero-order valence-corrected chi connectivity index (χ0v) is 12.1. The molecule has 0 atom stereocenters. The molecule has 0 bridgehead atoms. The van der Waals surface area contributed by atoms with E-state index >= 15 is 0 Å². The average molecular weight is 310 g/mol. The first kappa shape index (κ1) is 14.7. The summed E-state index contributed by atoms with van der Waals surface area (Å²) in [5, 5.41) is 12.4. The van der Waals surface area contributed by atoms with Gasteiger partial charge in [0.05, 0.1) is 5.56 Å². The molecule has 0 aliphatic heterocycles. The van der Waals surface area contributed by atoms with Gasteiger partial charge < -0.3 is 5.32 Å².